The van der Waals surface area contributed by atoms with E-state index in [1.54, 1.807) is 0 Å². The first-order chi connectivity index (χ1) is 10.1. The van der Waals surface area contributed by atoms with Gasteiger partial charge in [0.15, 0.2) is 0 Å². The molecule has 1 fully saturated rings. The molecule has 1 aromatic heterocycles. The van der Waals surface area contributed by atoms with Crippen LogP contribution >= 0.6 is 0 Å². The second-order valence-corrected chi connectivity index (χ2v) is 6.58. The minimum Gasteiger partial charge on any atom is -0.329 e. The van der Waals surface area contributed by atoms with Crippen LogP contribution in [0.15, 0.2) is 18.2 Å². The van der Waals surface area contributed by atoms with Gasteiger partial charge in [-0.05, 0) is 44.4 Å². The SMILES string of the molecule is CCC1CCCC(CN)(N(CC)Cc2cccc(C)n2)C1. The molecule has 0 spiro atoms. The highest BCUT2D eigenvalue weighted by molar-refractivity contribution is 5.11. The molecule has 0 aliphatic heterocycles. The predicted octanol–water partition coefficient (Wildman–Crippen LogP) is 3.51. The average molecular weight is 289 g/mol. The van der Waals surface area contributed by atoms with E-state index < -0.39 is 0 Å². The Kier molecular flexibility index (Phi) is 5.77. The highest BCUT2D eigenvalue weighted by atomic mass is 15.2. The first kappa shape index (κ1) is 16.4. The summed E-state index contributed by atoms with van der Waals surface area (Å²) in [4.78, 5) is 7.26. The number of hydrogen-bond donors (Lipinski definition) is 1. The highest BCUT2D eigenvalue weighted by Crippen LogP contribution is 2.38. The van der Waals surface area contributed by atoms with Crippen LogP contribution in [0.2, 0.25) is 0 Å². The van der Waals surface area contributed by atoms with Crippen LogP contribution < -0.4 is 5.73 Å². The fraction of sp³-hybridized carbons (Fsp3) is 0.722. The summed E-state index contributed by atoms with van der Waals surface area (Å²) in [6.07, 6.45) is 6.45. The van der Waals surface area contributed by atoms with E-state index in [9.17, 15) is 0 Å². The third-order valence-corrected chi connectivity index (χ3v) is 5.23. The van der Waals surface area contributed by atoms with Crippen LogP contribution in [0.4, 0.5) is 0 Å². The molecule has 1 aliphatic carbocycles. The van der Waals surface area contributed by atoms with Crippen molar-refractivity contribution in [3.8, 4) is 0 Å². The zero-order valence-electron chi connectivity index (χ0n) is 13.9. The molecule has 2 rings (SSSR count). The van der Waals surface area contributed by atoms with E-state index in [4.69, 9.17) is 5.73 Å². The lowest BCUT2D eigenvalue weighted by Gasteiger charge is -2.48. The number of nitrogens with zero attached hydrogens (tertiary/aromatic N) is 2. The van der Waals surface area contributed by atoms with Crippen molar-refractivity contribution in [3.63, 3.8) is 0 Å². The second-order valence-electron chi connectivity index (χ2n) is 6.58. The van der Waals surface area contributed by atoms with Crippen molar-refractivity contribution >= 4 is 0 Å². The van der Waals surface area contributed by atoms with E-state index >= 15 is 0 Å². The largest absolute Gasteiger partial charge is 0.329 e. The van der Waals surface area contributed by atoms with Crippen LogP contribution in [0.3, 0.4) is 0 Å². The van der Waals surface area contributed by atoms with Crippen molar-refractivity contribution in [2.24, 2.45) is 11.7 Å². The predicted molar refractivity (Wildman–Crippen MR) is 89.1 cm³/mol. The molecule has 21 heavy (non-hydrogen) atoms. The maximum Gasteiger partial charge on any atom is 0.0547 e. The molecule has 0 bridgehead atoms. The zero-order chi connectivity index (χ0) is 15.3. The highest BCUT2D eigenvalue weighted by Gasteiger charge is 2.39. The standard InChI is InChI=1S/C18H31N3/c1-4-16-9-7-11-18(12-16,14-19)21(5-2)13-17-10-6-8-15(3)20-17/h6,8,10,16H,4-5,7,9,11-14,19H2,1-3H3. The van der Waals surface area contributed by atoms with Gasteiger partial charge < -0.3 is 5.73 Å². The van der Waals surface area contributed by atoms with Crippen molar-refractivity contribution in [1.29, 1.82) is 0 Å². The summed E-state index contributed by atoms with van der Waals surface area (Å²) in [5.74, 6) is 0.835. The molecule has 118 valence electrons. The summed E-state index contributed by atoms with van der Waals surface area (Å²) in [7, 11) is 0. The van der Waals surface area contributed by atoms with Crippen molar-refractivity contribution in [2.45, 2.75) is 65.0 Å². The minimum atomic E-state index is 0.180. The van der Waals surface area contributed by atoms with E-state index in [2.05, 4.69) is 48.9 Å². The van der Waals surface area contributed by atoms with E-state index in [1.807, 2.05) is 0 Å². The van der Waals surface area contributed by atoms with Gasteiger partial charge in [0.1, 0.15) is 0 Å². The number of rotatable bonds is 6. The van der Waals surface area contributed by atoms with Crippen molar-refractivity contribution < 1.29 is 0 Å². The van der Waals surface area contributed by atoms with Crippen molar-refractivity contribution in [3.05, 3.63) is 29.6 Å². The molecule has 2 N–H and O–H groups in total. The van der Waals surface area contributed by atoms with Crippen LogP contribution in [-0.2, 0) is 6.54 Å². The molecule has 0 radical (unpaired) electrons. The Bertz CT molecular complexity index is 446. The Morgan fingerprint density at radius 2 is 2.19 bits per heavy atom. The van der Waals surface area contributed by atoms with Gasteiger partial charge in [0.2, 0.25) is 0 Å². The number of pyridine rings is 1. The Morgan fingerprint density at radius 1 is 1.38 bits per heavy atom. The minimum absolute atomic E-state index is 0.180. The smallest absolute Gasteiger partial charge is 0.0547 e. The van der Waals surface area contributed by atoms with Gasteiger partial charge in [-0.15, -0.1) is 0 Å². The quantitative estimate of drug-likeness (QED) is 0.871. The first-order valence-corrected chi connectivity index (χ1v) is 8.51. The molecule has 3 nitrogen and oxygen atoms in total. The molecule has 0 aromatic carbocycles. The lowest BCUT2D eigenvalue weighted by Crippen LogP contribution is -2.56. The van der Waals surface area contributed by atoms with E-state index in [1.165, 1.54) is 37.8 Å². The summed E-state index contributed by atoms with van der Waals surface area (Å²) in [5, 5.41) is 0. The summed E-state index contributed by atoms with van der Waals surface area (Å²) in [5.41, 5.74) is 8.70. The molecule has 0 saturated heterocycles. The summed E-state index contributed by atoms with van der Waals surface area (Å²) >= 11 is 0. The number of aryl methyl sites for hydroxylation is 1. The lowest BCUT2D eigenvalue weighted by molar-refractivity contribution is 0.0314. The third-order valence-electron chi connectivity index (χ3n) is 5.23. The van der Waals surface area contributed by atoms with Gasteiger partial charge in [0.25, 0.3) is 0 Å². The Balaban J connectivity index is 2.17. The van der Waals surface area contributed by atoms with E-state index in [0.717, 1.165) is 31.2 Å². The number of aromatic nitrogens is 1. The van der Waals surface area contributed by atoms with Gasteiger partial charge in [-0.3, -0.25) is 9.88 Å². The fourth-order valence-corrected chi connectivity index (χ4v) is 3.91. The van der Waals surface area contributed by atoms with Crippen molar-refractivity contribution in [2.75, 3.05) is 13.1 Å². The Morgan fingerprint density at radius 3 is 2.81 bits per heavy atom. The maximum absolute atomic E-state index is 6.25. The summed E-state index contributed by atoms with van der Waals surface area (Å²) < 4.78 is 0. The molecule has 2 atom stereocenters. The molecule has 1 saturated carbocycles. The number of hydrogen-bond acceptors (Lipinski definition) is 3. The molecule has 1 aromatic rings. The average Bonchev–Trinajstić information content (AvgIpc) is 2.52. The van der Waals surface area contributed by atoms with Gasteiger partial charge >= 0.3 is 0 Å². The first-order valence-electron chi connectivity index (χ1n) is 8.51. The Labute approximate surface area is 129 Å². The summed E-state index contributed by atoms with van der Waals surface area (Å²) in [6.45, 7) is 9.36. The zero-order valence-corrected chi connectivity index (χ0v) is 13.9. The Hall–Kier alpha value is -0.930. The van der Waals surface area contributed by atoms with E-state index in [0.29, 0.717) is 0 Å². The number of nitrogens with two attached hydrogens (primary N) is 1. The van der Waals surface area contributed by atoms with Gasteiger partial charge in [0.05, 0.1) is 5.69 Å². The maximum atomic E-state index is 6.25. The van der Waals surface area contributed by atoms with Gasteiger partial charge in [-0.1, -0.05) is 39.2 Å². The van der Waals surface area contributed by atoms with Gasteiger partial charge in [-0.25, -0.2) is 0 Å². The normalized spacial score (nSPS) is 26.2. The van der Waals surface area contributed by atoms with Crippen LogP contribution in [-0.4, -0.2) is 28.5 Å². The molecule has 1 heterocycles. The molecular weight excluding hydrogens is 258 g/mol. The fourth-order valence-electron chi connectivity index (χ4n) is 3.91. The number of likely N-dealkylation sites (N-methyl/N-ethyl adjacent to an activating group) is 1. The van der Waals surface area contributed by atoms with Crippen LogP contribution in [0.25, 0.3) is 0 Å². The van der Waals surface area contributed by atoms with Gasteiger partial charge in [-0.2, -0.15) is 0 Å². The molecule has 3 heteroatoms. The van der Waals surface area contributed by atoms with Gasteiger partial charge in [0, 0.05) is 24.3 Å². The second kappa shape index (κ2) is 7.37. The summed E-state index contributed by atoms with van der Waals surface area (Å²) in [6, 6.07) is 6.31. The van der Waals surface area contributed by atoms with Crippen LogP contribution in [0.1, 0.15) is 57.3 Å². The molecule has 0 amide bonds. The van der Waals surface area contributed by atoms with Crippen molar-refractivity contribution in [1.82, 2.24) is 9.88 Å². The van der Waals surface area contributed by atoms with Crippen LogP contribution in [0.5, 0.6) is 0 Å². The lowest BCUT2D eigenvalue weighted by atomic mass is 9.73. The third kappa shape index (κ3) is 3.83. The molecule has 2 unspecified atom stereocenters. The topological polar surface area (TPSA) is 42.1 Å². The molecule has 1 aliphatic rings. The van der Waals surface area contributed by atoms with E-state index in [-0.39, 0.29) is 5.54 Å². The van der Waals surface area contributed by atoms with Crippen LogP contribution in [0, 0.1) is 12.8 Å². The molecular formula is C18H31N3. The monoisotopic (exact) mass is 289 g/mol.